The van der Waals surface area contributed by atoms with E-state index < -0.39 is 0 Å². The molecule has 26 heavy (non-hydrogen) atoms. The SMILES string of the molecule is O=C(c1ccc(O)c2ncccc12)N1CCN(c2ccc(Br)cc2)CC1. The summed E-state index contributed by atoms with van der Waals surface area (Å²) in [5, 5.41) is 10.7. The highest BCUT2D eigenvalue weighted by Gasteiger charge is 2.24. The Bertz CT molecular complexity index is 951. The molecule has 0 aliphatic carbocycles. The van der Waals surface area contributed by atoms with Crippen LogP contribution in [0, 0.1) is 0 Å². The predicted octanol–water partition coefficient (Wildman–Crippen LogP) is 3.67. The molecule has 0 spiro atoms. The van der Waals surface area contributed by atoms with Gasteiger partial charge in [-0.15, -0.1) is 0 Å². The topological polar surface area (TPSA) is 56.7 Å². The number of benzene rings is 2. The van der Waals surface area contributed by atoms with E-state index in [2.05, 4.69) is 37.9 Å². The summed E-state index contributed by atoms with van der Waals surface area (Å²) in [6, 6.07) is 15.1. The Morgan fingerprint density at radius 1 is 1.00 bits per heavy atom. The molecule has 4 rings (SSSR count). The highest BCUT2D eigenvalue weighted by atomic mass is 79.9. The summed E-state index contributed by atoms with van der Waals surface area (Å²) in [4.78, 5) is 21.4. The number of hydrogen-bond donors (Lipinski definition) is 1. The molecule has 1 aliphatic heterocycles. The van der Waals surface area contributed by atoms with Gasteiger partial charge in [0.2, 0.25) is 0 Å². The fraction of sp³-hybridized carbons (Fsp3) is 0.200. The number of piperazine rings is 1. The van der Waals surface area contributed by atoms with E-state index in [1.165, 1.54) is 5.69 Å². The highest BCUT2D eigenvalue weighted by molar-refractivity contribution is 9.10. The number of pyridine rings is 1. The first-order chi connectivity index (χ1) is 12.6. The fourth-order valence-corrected chi connectivity index (χ4v) is 3.60. The van der Waals surface area contributed by atoms with Crippen molar-refractivity contribution in [1.29, 1.82) is 0 Å². The Kier molecular flexibility index (Phi) is 4.51. The van der Waals surface area contributed by atoms with Crippen LogP contribution in [0.25, 0.3) is 10.9 Å². The van der Waals surface area contributed by atoms with Gasteiger partial charge in [-0.2, -0.15) is 0 Å². The average molecular weight is 412 g/mol. The molecule has 5 nitrogen and oxygen atoms in total. The van der Waals surface area contributed by atoms with Crippen LogP contribution in [0.5, 0.6) is 5.75 Å². The van der Waals surface area contributed by atoms with Crippen molar-refractivity contribution in [1.82, 2.24) is 9.88 Å². The number of hydrogen-bond acceptors (Lipinski definition) is 4. The lowest BCUT2D eigenvalue weighted by molar-refractivity contribution is 0.0749. The summed E-state index contributed by atoms with van der Waals surface area (Å²) < 4.78 is 1.06. The van der Waals surface area contributed by atoms with Gasteiger partial charge in [0.25, 0.3) is 5.91 Å². The minimum atomic E-state index is -0.0153. The van der Waals surface area contributed by atoms with Gasteiger partial charge in [0.05, 0.1) is 0 Å². The molecule has 0 unspecified atom stereocenters. The van der Waals surface area contributed by atoms with Crippen LogP contribution in [0.2, 0.25) is 0 Å². The van der Waals surface area contributed by atoms with Crippen LogP contribution in [0.15, 0.2) is 59.2 Å². The van der Waals surface area contributed by atoms with Crippen LogP contribution < -0.4 is 4.90 Å². The molecule has 0 radical (unpaired) electrons. The standard InChI is InChI=1S/C20H18BrN3O2/c21-14-3-5-15(6-4-14)23-10-12-24(13-11-23)20(26)17-7-8-18(25)19-16(17)2-1-9-22-19/h1-9,25H,10-13H2. The van der Waals surface area contributed by atoms with Gasteiger partial charge >= 0.3 is 0 Å². The third-order valence-corrected chi connectivity index (χ3v) is 5.27. The summed E-state index contributed by atoms with van der Waals surface area (Å²) in [7, 11) is 0. The quantitative estimate of drug-likeness (QED) is 0.698. The number of fused-ring (bicyclic) bond motifs is 1. The summed E-state index contributed by atoms with van der Waals surface area (Å²) in [5.41, 5.74) is 2.22. The summed E-state index contributed by atoms with van der Waals surface area (Å²) in [5.74, 6) is 0.0793. The Morgan fingerprint density at radius 3 is 2.46 bits per heavy atom. The second-order valence-corrected chi connectivity index (χ2v) is 7.20. The maximum Gasteiger partial charge on any atom is 0.254 e. The van der Waals surface area contributed by atoms with Crippen molar-refractivity contribution < 1.29 is 9.90 Å². The first kappa shape index (κ1) is 16.8. The molecule has 0 atom stereocenters. The zero-order valence-electron chi connectivity index (χ0n) is 14.1. The second kappa shape index (κ2) is 6.96. The molecule has 6 heteroatoms. The van der Waals surface area contributed by atoms with Gasteiger partial charge in [0.15, 0.2) is 0 Å². The summed E-state index contributed by atoms with van der Waals surface area (Å²) in [6.07, 6.45) is 1.62. The third-order valence-electron chi connectivity index (χ3n) is 4.74. The van der Waals surface area contributed by atoms with Crippen LogP contribution in [0.1, 0.15) is 10.4 Å². The smallest absolute Gasteiger partial charge is 0.254 e. The predicted molar refractivity (Wildman–Crippen MR) is 106 cm³/mol. The van der Waals surface area contributed by atoms with Crippen molar-refractivity contribution in [3.8, 4) is 5.75 Å². The van der Waals surface area contributed by atoms with Crippen molar-refractivity contribution in [3.63, 3.8) is 0 Å². The van der Waals surface area contributed by atoms with E-state index in [9.17, 15) is 9.90 Å². The lowest BCUT2D eigenvalue weighted by atomic mass is 10.1. The van der Waals surface area contributed by atoms with Crippen LogP contribution in [0.3, 0.4) is 0 Å². The number of halogens is 1. The van der Waals surface area contributed by atoms with E-state index in [-0.39, 0.29) is 11.7 Å². The molecule has 1 aliphatic rings. The van der Waals surface area contributed by atoms with Crippen LogP contribution >= 0.6 is 15.9 Å². The number of carbonyl (C=O) groups excluding carboxylic acids is 1. The van der Waals surface area contributed by atoms with Gasteiger partial charge in [-0.25, -0.2) is 0 Å². The number of phenolic OH excluding ortho intramolecular Hbond substituents is 1. The monoisotopic (exact) mass is 411 g/mol. The minimum absolute atomic E-state index is 0.0153. The number of amides is 1. The van der Waals surface area contributed by atoms with E-state index in [0.717, 1.165) is 17.6 Å². The molecule has 0 saturated carbocycles. The number of phenols is 1. The zero-order valence-corrected chi connectivity index (χ0v) is 15.7. The molecule has 132 valence electrons. The molecule has 2 aromatic carbocycles. The Labute approximate surface area is 160 Å². The second-order valence-electron chi connectivity index (χ2n) is 6.29. The van der Waals surface area contributed by atoms with Gasteiger partial charge in [0.1, 0.15) is 11.3 Å². The summed E-state index contributed by atoms with van der Waals surface area (Å²) >= 11 is 3.45. The molecular formula is C20H18BrN3O2. The maximum atomic E-state index is 13.0. The van der Waals surface area contributed by atoms with Crippen molar-refractivity contribution in [2.75, 3.05) is 31.1 Å². The molecule has 2 heterocycles. The van der Waals surface area contributed by atoms with Gasteiger partial charge < -0.3 is 14.9 Å². The van der Waals surface area contributed by atoms with Crippen molar-refractivity contribution in [3.05, 3.63) is 64.8 Å². The van der Waals surface area contributed by atoms with Crippen molar-refractivity contribution in [2.45, 2.75) is 0 Å². The van der Waals surface area contributed by atoms with Crippen molar-refractivity contribution in [2.24, 2.45) is 0 Å². The lowest BCUT2D eigenvalue weighted by Crippen LogP contribution is -2.48. The van der Waals surface area contributed by atoms with Crippen molar-refractivity contribution >= 4 is 38.4 Å². The van der Waals surface area contributed by atoms with Crippen LogP contribution in [-0.4, -0.2) is 47.1 Å². The van der Waals surface area contributed by atoms with Gasteiger partial charge in [-0.3, -0.25) is 9.78 Å². The highest BCUT2D eigenvalue weighted by Crippen LogP contribution is 2.27. The van der Waals surface area contributed by atoms with E-state index in [4.69, 9.17) is 0 Å². The molecule has 1 fully saturated rings. The van der Waals surface area contributed by atoms with E-state index in [0.29, 0.717) is 29.6 Å². The van der Waals surface area contributed by atoms with Gasteiger partial charge in [0, 0.05) is 53.5 Å². The number of aromatic hydroxyl groups is 1. The molecule has 1 amide bonds. The summed E-state index contributed by atoms with van der Waals surface area (Å²) in [6.45, 7) is 2.92. The fourth-order valence-electron chi connectivity index (χ4n) is 3.33. The van der Waals surface area contributed by atoms with Gasteiger partial charge in [-0.1, -0.05) is 22.0 Å². The normalized spacial score (nSPS) is 14.7. The Morgan fingerprint density at radius 2 is 1.73 bits per heavy atom. The number of aromatic nitrogens is 1. The molecule has 0 bridgehead atoms. The van der Waals surface area contributed by atoms with Gasteiger partial charge in [-0.05, 0) is 42.5 Å². The van der Waals surface area contributed by atoms with E-state index in [1.54, 1.807) is 24.4 Å². The van der Waals surface area contributed by atoms with E-state index >= 15 is 0 Å². The largest absolute Gasteiger partial charge is 0.506 e. The minimum Gasteiger partial charge on any atom is -0.506 e. The third kappa shape index (κ3) is 3.12. The van der Waals surface area contributed by atoms with Crippen LogP contribution in [-0.2, 0) is 0 Å². The van der Waals surface area contributed by atoms with Crippen LogP contribution in [0.4, 0.5) is 5.69 Å². The first-order valence-corrected chi connectivity index (χ1v) is 9.29. The first-order valence-electron chi connectivity index (χ1n) is 8.50. The number of rotatable bonds is 2. The molecule has 3 aromatic rings. The average Bonchev–Trinajstić information content (AvgIpc) is 2.69. The lowest BCUT2D eigenvalue weighted by Gasteiger charge is -2.36. The van der Waals surface area contributed by atoms with E-state index in [1.807, 2.05) is 23.1 Å². The number of nitrogens with zero attached hydrogens (tertiary/aromatic N) is 3. The number of carbonyl (C=O) groups is 1. The molecular weight excluding hydrogens is 394 g/mol. The molecule has 1 aromatic heterocycles. The molecule has 1 N–H and O–H groups in total. The Hall–Kier alpha value is -2.60. The molecule has 1 saturated heterocycles. The zero-order chi connectivity index (χ0) is 18.1. The number of anilines is 1. The Balaban J connectivity index is 1.52. The maximum absolute atomic E-state index is 13.0.